The van der Waals surface area contributed by atoms with Crippen LogP contribution in [0.3, 0.4) is 0 Å². The lowest BCUT2D eigenvalue weighted by Gasteiger charge is -2.41. The molecule has 5 rings (SSSR count). The van der Waals surface area contributed by atoms with Crippen LogP contribution in [-0.2, 0) is 9.53 Å². The summed E-state index contributed by atoms with van der Waals surface area (Å²) in [6, 6.07) is 8.08. The summed E-state index contributed by atoms with van der Waals surface area (Å²) in [6.45, 7) is 6.26. The number of hydrogen-bond acceptors (Lipinski definition) is 5. The minimum Gasteiger partial charge on any atom is -0.444 e. The van der Waals surface area contributed by atoms with E-state index in [4.69, 9.17) is 4.74 Å². The largest absolute Gasteiger partial charge is 0.444 e. The predicted molar refractivity (Wildman–Crippen MR) is 129 cm³/mol. The number of alkyl carbamates (subject to hydrolysis) is 1. The second-order valence-electron chi connectivity index (χ2n) is 10.8. The number of anilines is 1. The zero-order chi connectivity index (χ0) is 23.9. The Morgan fingerprint density at radius 1 is 1.15 bits per heavy atom. The second kappa shape index (κ2) is 8.96. The van der Waals surface area contributed by atoms with Crippen molar-refractivity contribution >= 4 is 17.7 Å². The van der Waals surface area contributed by atoms with Crippen LogP contribution in [0.4, 0.5) is 10.5 Å². The van der Waals surface area contributed by atoms with Gasteiger partial charge in [-0.3, -0.25) is 4.79 Å². The van der Waals surface area contributed by atoms with E-state index in [1.165, 1.54) is 0 Å². The molecular formula is C26H35N5O3. The number of nitrogens with one attached hydrogen (secondary N) is 3. The fourth-order valence-electron chi connectivity index (χ4n) is 5.96. The van der Waals surface area contributed by atoms with Crippen LogP contribution in [-0.4, -0.2) is 45.1 Å². The number of amides is 2. The Morgan fingerprint density at radius 3 is 2.71 bits per heavy atom. The molecule has 182 valence electrons. The summed E-state index contributed by atoms with van der Waals surface area (Å²) >= 11 is 0. The molecule has 1 saturated heterocycles. The molecule has 2 aromatic rings. The van der Waals surface area contributed by atoms with E-state index in [2.05, 4.69) is 37.6 Å². The van der Waals surface area contributed by atoms with Crippen LogP contribution in [0.5, 0.6) is 0 Å². The number of hydrogen-bond donors (Lipinski definition) is 3. The lowest BCUT2D eigenvalue weighted by atomic mass is 9.81. The standard InChI is InChI=1S/C26H35N5O3/c1-26(2,3)34-25(33)30-20-11-7-5-9-17(20)24(32)31-15-12-18-21(23-27-13-14-28-23)29-19-10-6-4-8-16(19)22(18)31/h4,6,8,10,13-14,17-18,20-22,29H,5,7,9,11-12,15H2,1-3H3,(H,27,28)(H,30,33)/t17-,18+,20+,21+,22-/m0/s1. The van der Waals surface area contributed by atoms with Crippen LogP contribution in [0, 0.1) is 11.8 Å². The molecule has 34 heavy (non-hydrogen) atoms. The van der Waals surface area contributed by atoms with Gasteiger partial charge in [0.05, 0.1) is 18.0 Å². The van der Waals surface area contributed by atoms with Crippen molar-refractivity contribution in [2.24, 2.45) is 11.8 Å². The molecule has 1 aromatic carbocycles. The number of aromatic nitrogens is 2. The molecule has 1 aromatic heterocycles. The minimum atomic E-state index is -0.569. The molecule has 0 spiro atoms. The molecule has 1 saturated carbocycles. The van der Waals surface area contributed by atoms with Crippen molar-refractivity contribution in [1.29, 1.82) is 0 Å². The first-order chi connectivity index (χ1) is 16.3. The van der Waals surface area contributed by atoms with E-state index in [9.17, 15) is 9.59 Å². The Bertz CT molecular complexity index is 1030. The van der Waals surface area contributed by atoms with E-state index < -0.39 is 11.7 Å². The topological polar surface area (TPSA) is 99.3 Å². The average molecular weight is 466 g/mol. The maximum atomic E-state index is 14.0. The van der Waals surface area contributed by atoms with E-state index in [1.54, 1.807) is 6.20 Å². The highest BCUT2D eigenvalue weighted by Gasteiger charge is 2.49. The van der Waals surface area contributed by atoms with Crippen molar-refractivity contribution in [2.45, 2.75) is 76.6 Å². The summed E-state index contributed by atoms with van der Waals surface area (Å²) in [5.41, 5.74) is 1.64. The Kier molecular flexibility index (Phi) is 6.00. The van der Waals surface area contributed by atoms with Gasteiger partial charge in [-0.15, -0.1) is 0 Å². The number of fused-ring (bicyclic) bond motifs is 3. The van der Waals surface area contributed by atoms with E-state index in [1.807, 2.05) is 39.1 Å². The molecule has 5 atom stereocenters. The van der Waals surface area contributed by atoms with Gasteiger partial charge in [0.2, 0.25) is 5.91 Å². The number of likely N-dealkylation sites (tertiary alicyclic amines) is 1. The van der Waals surface area contributed by atoms with Crippen molar-refractivity contribution in [2.75, 3.05) is 11.9 Å². The molecule has 8 nitrogen and oxygen atoms in total. The van der Waals surface area contributed by atoms with Crippen LogP contribution in [0.15, 0.2) is 36.7 Å². The van der Waals surface area contributed by atoms with Gasteiger partial charge in [-0.1, -0.05) is 31.0 Å². The Labute approximate surface area is 200 Å². The maximum absolute atomic E-state index is 14.0. The van der Waals surface area contributed by atoms with Gasteiger partial charge in [0, 0.05) is 36.6 Å². The normalized spacial score (nSPS) is 28.4. The molecule has 0 radical (unpaired) electrons. The number of carbonyl (C=O) groups is 2. The highest BCUT2D eigenvalue weighted by atomic mass is 16.6. The summed E-state index contributed by atoms with van der Waals surface area (Å²) < 4.78 is 5.49. The predicted octanol–water partition coefficient (Wildman–Crippen LogP) is 4.55. The first kappa shape index (κ1) is 22.7. The van der Waals surface area contributed by atoms with E-state index >= 15 is 0 Å². The molecule has 0 bridgehead atoms. The van der Waals surface area contributed by atoms with Crippen molar-refractivity contribution in [3.63, 3.8) is 0 Å². The van der Waals surface area contributed by atoms with Gasteiger partial charge >= 0.3 is 6.09 Å². The zero-order valence-electron chi connectivity index (χ0n) is 20.2. The molecule has 0 unspecified atom stereocenters. The first-order valence-electron chi connectivity index (χ1n) is 12.5. The Morgan fingerprint density at radius 2 is 1.94 bits per heavy atom. The summed E-state index contributed by atoms with van der Waals surface area (Å²) in [7, 11) is 0. The van der Waals surface area contributed by atoms with Crippen molar-refractivity contribution in [3.8, 4) is 0 Å². The van der Waals surface area contributed by atoms with E-state index in [0.717, 1.165) is 49.2 Å². The number of H-pyrrole nitrogens is 1. The molecular weight excluding hydrogens is 430 g/mol. The number of benzene rings is 1. The lowest BCUT2D eigenvalue weighted by molar-refractivity contribution is -0.139. The van der Waals surface area contributed by atoms with Crippen LogP contribution in [0.2, 0.25) is 0 Å². The molecule has 3 N–H and O–H groups in total. The number of nitrogens with zero attached hydrogens (tertiary/aromatic N) is 2. The fraction of sp³-hybridized carbons (Fsp3) is 0.577. The van der Waals surface area contributed by atoms with Gasteiger partial charge in [-0.05, 0) is 51.7 Å². The Balaban J connectivity index is 1.40. The molecule has 2 fully saturated rings. The lowest BCUT2D eigenvalue weighted by Crippen LogP contribution is -2.51. The van der Waals surface area contributed by atoms with Crippen LogP contribution in [0.25, 0.3) is 0 Å². The third-order valence-corrected chi connectivity index (χ3v) is 7.35. The number of imidazole rings is 1. The summed E-state index contributed by atoms with van der Waals surface area (Å²) in [5, 5.41) is 6.68. The summed E-state index contributed by atoms with van der Waals surface area (Å²) in [4.78, 5) is 36.4. The third-order valence-electron chi connectivity index (χ3n) is 7.35. The SMILES string of the molecule is CC(C)(C)OC(=O)N[C@@H]1CCCC[C@@H]1C(=O)N1CC[C@@H]2[C@H](c3ncc[nH]3)Nc3ccccc3[C@@H]21. The second-order valence-corrected chi connectivity index (χ2v) is 10.8. The van der Waals surface area contributed by atoms with Crippen LogP contribution in [0.1, 0.15) is 76.3 Å². The third kappa shape index (κ3) is 4.38. The molecule has 3 aliphatic rings. The van der Waals surface area contributed by atoms with Gasteiger partial charge in [0.1, 0.15) is 11.4 Å². The quantitative estimate of drug-likeness (QED) is 0.618. The number of rotatable bonds is 3. The highest BCUT2D eigenvalue weighted by molar-refractivity contribution is 5.82. The fourth-order valence-corrected chi connectivity index (χ4v) is 5.96. The van der Waals surface area contributed by atoms with E-state index in [0.29, 0.717) is 6.54 Å². The zero-order valence-corrected chi connectivity index (χ0v) is 20.2. The molecule has 8 heteroatoms. The smallest absolute Gasteiger partial charge is 0.407 e. The van der Waals surface area contributed by atoms with Gasteiger partial charge in [0.15, 0.2) is 0 Å². The minimum absolute atomic E-state index is 0.0100. The average Bonchev–Trinajstić information content (AvgIpc) is 3.48. The molecule has 2 amide bonds. The first-order valence-corrected chi connectivity index (χ1v) is 12.5. The number of carbonyl (C=O) groups excluding carboxylic acids is 2. The summed E-state index contributed by atoms with van der Waals surface area (Å²) in [6.07, 6.45) is 7.67. The van der Waals surface area contributed by atoms with Crippen LogP contribution < -0.4 is 10.6 Å². The van der Waals surface area contributed by atoms with E-state index in [-0.39, 0.29) is 35.9 Å². The number of ether oxygens (including phenoxy) is 1. The molecule has 2 aliphatic heterocycles. The molecule has 1 aliphatic carbocycles. The monoisotopic (exact) mass is 465 g/mol. The van der Waals surface area contributed by atoms with Crippen LogP contribution >= 0.6 is 0 Å². The van der Waals surface area contributed by atoms with Crippen molar-refractivity contribution in [1.82, 2.24) is 20.2 Å². The highest BCUT2D eigenvalue weighted by Crippen LogP contribution is 2.51. The van der Waals surface area contributed by atoms with Crippen molar-refractivity contribution < 1.29 is 14.3 Å². The van der Waals surface area contributed by atoms with Gasteiger partial charge in [0.25, 0.3) is 0 Å². The summed E-state index contributed by atoms with van der Waals surface area (Å²) in [5.74, 6) is 1.04. The molecule has 3 heterocycles. The Hall–Kier alpha value is -3.03. The number of aromatic amines is 1. The van der Waals surface area contributed by atoms with Gasteiger partial charge < -0.3 is 25.3 Å². The van der Waals surface area contributed by atoms with Gasteiger partial charge in [-0.25, -0.2) is 9.78 Å². The van der Waals surface area contributed by atoms with Gasteiger partial charge in [-0.2, -0.15) is 0 Å². The number of para-hydroxylation sites is 1. The van der Waals surface area contributed by atoms with Crippen molar-refractivity contribution in [3.05, 3.63) is 48.0 Å². The maximum Gasteiger partial charge on any atom is 0.407 e.